The fourth-order valence-electron chi connectivity index (χ4n) is 2.19. The predicted octanol–water partition coefficient (Wildman–Crippen LogP) is 1.41. The van der Waals surface area contributed by atoms with E-state index in [-0.39, 0.29) is 19.1 Å². The highest BCUT2D eigenvalue weighted by Crippen LogP contribution is 2.28. The van der Waals surface area contributed by atoms with E-state index in [2.05, 4.69) is 10.2 Å². The molecule has 0 spiro atoms. The highest BCUT2D eigenvalue weighted by Gasteiger charge is 2.41. The van der Waals surface area contributed by atoms with Crippen LogP contribution >= 0.6 is 0 Å². The van der Waals surface area contributed by atoms with Crippen LogP contribution in [0.3, 0.4) is 0 Å². The Kier molecular flexibility index (Phi) is 5.88. The maximum absolute atomic E-state index is 12.8. The van der Waals surface area contributed by atoms with E-state index in [1.54, 1.807) is 0 Å². The zero-order valence-electron chi connectivity index (χ0n) is 11.4. The van der Waals surface area contributed by atoms with Crippen LogP contribution in [0, 0.1) is 5.92 Å². The van der Waals surface area contributed by atoms with Gasteiger partial charge in [0.25, 0.3) is 0 Å². The molecule has 2 unspecified atom stereocenters. The van der Waals surface area contributed by atoms with E-state index in [0.29, 0.717) is 13.1 Å². The third kappa shape index (κ3) is 5.12. The van der Waals surface area contributed by atoms with E-state index in [4.69, 9.17) is 0 Å². The molecule has 1 N–H and O–H groups in total. The molecule has 1 fully saturated rings. The van der Waals surface area contributed by atoms with Gasteiger partial charge < -0.3 is 10.2 Å². The molecule has 1 aliphatic rings. The lowest BCUT2D eigenvalue weighted by molar-refractivity contribution is -0.176. The van der Waals surface area contributed by atoms with Crippen molar-refractivity contribution < 1.29 is 13.2 Å². The van der Waals surface area contributed by atoms with Gasteiger partial charge in [0.15, 0.2) is 0 Å². The average molecular weight is 267 g/mol. The van der Waals surface area contributed by atoms with Crippen LogP contribution in [-0.4, -0.2) is 68.8 Å². The van der Waals surface area contributed by atoms with Crippen LogP contribution in [0.4, 0.5) is 13.2 Å². The normalized spacial score (nSPS) is 25.2. The summed E-state index contributed by atoms with van der Waals surface area (Å²) in [5.41, 5.74) is 0. The quantitative estimate of drug-likeness (QED) is 0.831. The Balaban J connectivity index is 2.53. The summed E-state index contributed by atoms with van der Waals surface area (Å²) in [5, 5.41) is 2.88. The summed E-state index contributed by atoms with van der Waals surface area (Å²) < 4.78 is 38.4. The Bertz CT molecular complexity index is 243. The van der Waals surface area contributed by atoms with E-state index >= 15 is 0 Å². The van der Waals surface area contributed by atoms with E-state index in [1.807, 2.05) is 25.9 Å². The van der Waals surface area contributed by atoms with Gasteiger partial charge in [0.05, 0.1) is 5.92 Å². The molecule has 3 nitrogen and oxygen atoms in total. The second-order valence-corrected chi connectivity index (χ2v) is 5.38. The van der Waals surface area contributed by atoms with Gasteiger partial charge in [-0.1, -0.05) is 0 Å². The Labute approximate surface area is 107 Å². The number of halogens is 3. The second kappa shape index (κ2) is 6.73. The molecular weight excluding hydrogens is 243 g/mol. The van der Waals surface area contributed by atoms with Crippen molar-refractivity contribution in [3.8, 4) is 0 Å². The SMILES string of the molecule is CC(CCN(C)C)N1CCNCC(C(F)(F)F)C1. The molecule has 0 aromatic rings. The highest BCUT2D eigenvalue weighted by molar-refractivity contribution is 4.81. The third-order valence-electron chi connectivity index (χ3n) is 3.50. The largest absolute Gasteiger partial charge is 0.394 e. The van der Waals surface area contributed by atoms with Crippen LogP contribution in [0.15, 0.2) is 0 Å². The lowest BCUT2D eigenvalue weighted by atomic mass is 10.1. The molecule has 108 valence electrons. The van der Waals surface area contributed by atoms with Gasteiger partial charge >= 0.3 is 6.18 Å². The lowest BCUT2D eigenvalue weighted by Gasteiger charge is -2.31. The van der Waals surface area contributed by atoms with Gasteiger partial charge in [0.2, 0.25) is 0 Å². The van der Waals surface area contributed by atoms with Crippen molar-refractivity contribution in [1.82, 2.24) is 15.1 Å². The summed E-state index contributed by atoms with van der Waals surface area (Å²) in [6, 6.07) is 0.192. The minimum Gasteiger partial charge on any atom is -0.315 e. The molecule has 0 aromatic heterocycles. The van der Waals surface area contributed by atoms with Crippen LogP contribution in [0.1, 0.15) is 13.3 Å². The molecule has 1 heterocycles. The van der Waals surface area contributed by atoms with Gasteiger partial charge in [0, 0.05) is 32.2 Å². The number of hydrogen-bond donors (Lipinski definition) is 1. The fraction of sp³-hybridized carbons (Fsp3) is 1.00. The van der Waals surface area contributed by atoms with E-state index in [0.717, 1.165) is 13.0 Å². The molecule has 0 radical (unpaired) electrons. The molecular formula is C12H24F3N3. The van der Waals surface area contributed by atoms with Crippen LogP contribution in [0.2, 0.25) is 0 Å². The number of hydrogen-bond acceptors (Lipinski definition) is 3. The fourth-order valence-corrected chi connectivity index (χ4v) is 2.19. The van der Waals surface area contributed by atoms with Crippen molar-refractivity contribution in [1.29, 1.82) is 0 Å². The van der Waals surface area contributed by atoms with Crippen LogP contribution < -0.4 is 5.32 Å². The molecule has 18 heavy (non-hydrogen) atoms. The van der Waals surface area contributed by atoms with Crippen molar-refractivity contribution >= 4 is 0 Å². The van der Waals surface area contributed by atoms with Crippen molar-refractivity contribution in [2.24, 2.45) is 5.92 Å². The predicted molar refractivity (Wildman–Crippen MR) is 66.6 cm³/mol. The maximum Gasteiger partial charge on any atom is 0.394 e. The summed E-state index contributed by atoms with van der Waals surface area (Å²) in [6.45, 7) is 4.41. The van der Waals surface area contributed by atoms with E-state index in [1.165, 1.54) is 0 Å². The standard InChI is InChI=1S/C12H24F3N3/c1-10(4-6-17(2)3)18-7-5-16-8-11(9-18)12(13,14)15/h10-11,16H,4-9H2,1-3H3. The topological polar surface area (TPSA) is 18.5 Å². The summed E-state index contributed by atoms with van der Waals surface area (Å²) in [5.74, 6) is -1.25. The van der Waals surface area contributed by atoms with Gasteiger partial charge in [-0.2, -0.15) is 13.2 Å². The molecule has 0 saturated carbocycles. The molecule has 0 bridgehead atoms. The van der Waals surface area contributed by atoms with Crippen molar-refractivity contribution in [3.63, 3.8) is 0 Å². The number of nitrogens with zero attached hydrogens (tertiary/aromatic N) is 2. The van der Waals surface area contributed by atoms with E-state index in [9.17, 15) is 13.2 Å². The maximum atomic E-state index is 12.8. The highest BCUT2D eigenvalue weighted by atomic mass is 19.4. The molecule has 1 aliphatic heterocycles. The van der Waals surface area contributed by atoms with Gasteiger partial charge in [0.1, 0.15) is 0 Å². The third-order valence-corrected chi connectivity index (χ3v) is 3.50. The summed E-state index contributed by atoms with van der Waals surface area (Å²) in [6.07, 6.45) is -3.20. The van der Waals surface area contributed by atoms with Gasteiger partial charge in [-0.05, 0) is 34.0 Å². The Morgan fingerprint density at radius 2 is 2.06 bits per heavy atom. The average Bonchev–Trinajstić information content (AvgIpc) is 2.50. The molecule has 6 heteroatoms. The number of rotatable bonds is 4. The van der Waals surface area contributed by atoms with Crippen molar-refractivity contribution in [2.75, 3.05) is 46.8 Å². The molecule has 0 aromatic carbocycles. The minimum atomic E-state index is -4.10. The van der Waals surface area contributed by atoms with Crippen molar-refractivity contribution in [2.45, 2.75) is 25.6 Å². The summed E-state index contributed by atoms with van der Waals surface area (Å²) >= 11 is 0. The van der Waals surface area contributed by atoms with Gasteiger partial charge in [-0.3, -0.25) is 4.90 Å². The number of nitrogens with one attached hydrogen (secondary N) is 1. The lowest BCUT2D eigenvalue weighted by Crippen LogP contribution is -2.42. The molecule has 0 amide bonds. The van der Waals surface area contributed by atoms with Crippen molar-refractivity contribution in [3.05, 3.63) is 0 Å². The Morgan fingerprint density at radius 3 is 2.61 bits per heavy atom. The van der Waals surface area contributed by atoms with Crippen LogP contribution in [0.5, 0.6) is 0 Å². The van der Waals surface area contributed by atoms with E-state index < -0.39 is 12.1 Å². The van der Waals surface area contributed by atoms with Gasteiger partial charge in [-0.15, -0.1) is 0 Å². The first-order valence-corrected chi connectivity index (χ1v) is 6.47. The summed E-state index contributed by atoms with van der Waals surface area (Å²) in [4.78, 5) is 4.02. The molecule has 1 rings (SSSR count). The first-order chi connectivity index (χ1) is 8.30. The molecule has 0 aliphatic carbocycles. The summed E-state index contributed by atoms with van der Waals surface area (Å²) in [7, 11) is 3.96. The minimum absolute atomic E-state index is 0.0421. The zero-order chi connectivity index (χ0) is 13.8. The first-order valence-electron chi connectivity index (χ1n) is 6.47. The second-order valence-electron chi connectivity index (χ2n) is 5.38. The molecule has 1 saturated heterocycles. The van der Waals surface area contributed by atoms with Crippen LogP contribution in [0.25, 0.3) is 0 Å². The number of alkyl halides is 3. The first kappa shape index (κ1) is 15.7. The van der Waals surface area contributed by atoms with Gasteiger partial charge in [-0.25, -0.2) is 0 Å². The van der Waals surface area contributed by atoms with Crippen LogP contribution in [-0.2, 0) is 0 Å². The Hall–Kier alpha value is -0.330. The monoisotopic (exact) mass is 267 g/mol. The zero-order valence-corrected chi connectivity index (χ0v) is 11.4. The smallest absolute Gasteiger partial charge is 0.315 e. The Morgan fingerprint density at radius 1 is 1.39 bits per heavy atom. The molecule has 2 atom stereocenters.